The minimum Gasteiger partial charge on any atom is -0.462 e. The van der Waals surface area contributed by atoms with E-state index in [-0.39, 0.29) is 17.9 Å². The second-order valence-corrected chi connectivity index (χ2v) is 6.92. The van der Waals surface area contributed by atoms with Crippen molar-refractivity contribution in [2.45, 2.75) is 13.5 Å². The monoisotopic (exact) mass is 473 g/mol. The Morgan fingerprint density at radius 2 is 1.77 bits per heavy atom. The first-order valence-electron chi connectivity index (χ1n) is 8.86. The van der Waals surface area contributed by atoms with Crippen LogP contribution in [-0.4, -0.2) is 23.5 Å². The third kappa shape index (κ3) is 4.93. The van der Waals surface area contributed by atoms with Crippen molar-refractivity contribution in [3.05, 3.63) is 86.1 Å². The van der Waals surface area contributed by atoms with E-state index < -0.39 is 16.9 Å². The van der Waals surface area contributed by atoms with E-state index in [4.69, 9.17) is 13.9 Å². The molecular weight excluding hydrogens is 458 g/mol. The highest BCUT2D eigenvalue weighted by atomic mass is 79.9. The fourth-order valence-electron chi connectivity index (χ4n) is 2.59. The topological polar surface area (TPSA) is 109 Å². The van der Waals surface area contributed by atoms with Gasteiger partial charge in [0.2, 0.25) is 0 Å². The van der Waals surface area contributed by atoms with Crippen molar-refractivity contribution in [3.8, 4) is 11.3 Å². The van der Waals surface area contributed by atoms with Crippen LogP contribution in [0.2, 0.25) is 0 Å². The smallest absolute Gasteiger partial charge is 0.339 e. The lowest BCUT2D eigenvalue weighted by molar-refractivity contribution is -0.384. The van der Waals surface area contributed by atoms with Crippen LogP contribution >= 0.6 is 15.9 Å². The summed E-state index contributed by atoms with van der Waals surface area (Å²) in [4.78, 5) is 34.3. The molecule has 0 amide bonds. The zero-order valence-corrected chi connectivity index (χ0v) is 17.4. The number of carbonyl (C=O) groups excluding carboxylic acids is 2. The lowest BCUT2D eigenvalue weighted by Gasteiger charge is -2.05. The molecule has 9 heteroatoms. The predicted molar refractivity (Wildman–Crippen MR) is 110 cm³/mol. The lowest BCUT2D eigenvalue weighted by Crippen LogP contribution is -2.06. The quantitative estimate of drug-likeness (QED) is 0.265. The number of benzene rings is 2. The van der Waals surface area contributed by atoms with Crippen LogP contribution < -0.4 is 0 Å². The SMILES string of the molecule is CCOC(=O)c1ccc(-c2ccc(COC(=O)c3cc([N+](=O)[O-])ccc3Br)o2)cc1. The van der Waals surface area contributed by atoms with Gasteiger partial charge in [0.1, 0.15) is 18.1 Å². The Balaban J connectivity index is 1.66. The predicted octanol–water partition coefficient (Wildman–Crippen LogP) is 5.15. The molecule has 0 aliphatic heterocycles. The Kier molecular flexibility index (Phi) is 6.63. The van der Waals surface area contributed by atoms with Gasteiger partial charge in [0.15, 0.2) is 0 Å². The number of non-ortho nitro benzene ring substituents is 1. The summed E-state index contributed by atoms with van der Waals surface area (Å²) in [6, 6.07) is 13.9. The van der Waals surface area contributed by atoms with Gasteiger partial charge in [-0.05, 0) is 53.2 Å². The molecule has 1 aromatic heterocycles. The summed E-state index contributed by atoms with van der Waals surface area (Å²) in [6.07, 6.45) is 0. The highest BCUT2D eigenvalue weighted by Gasteiger charge is 2.17. The van der Waals surface area contributed by atoms with Gasteiger partial charge >= 0.3 is 11.9 Å². The molecule has 0 saturated heterocycles. The van der Waals surface area contributed by atoms with Crippen LogP contribution in [0.4, 0.5) is 5.69 Å². The van der Waals surface area contributed by atoms with E-state index in [2.05, 4.69) is 15.9 Å². The van der Waals surface area contributed by atoms with Crippen molar-refractivity contribution in [1.82, 2.24) is 0 Å². The van der Waals surface area contributed by atoms with Gasteiger partial charge in [-0.15, -0.1) is 0 Å². The molecule has 0 fully saturated rings. The van der Waals surface area contributed by atoms with E-state index in [1.165, 1.54) is 12.1 Å². The highest BCUT2D eigenvalue weighted by molar-refractivity contribution is 9.10. The first-order valence-corrected chi connectivity index (χ1v) is 9.65. The molecule has 0 unspecified atom stereocenters. The number of nitro groups is 1. The number of ether oxygens (including phenoxy) is 2. The molecule has 8 nitrogen and oxygen atoms in total. The zero-order valence-electron chi connectivity index (χ0n) is 15.8. The van der Waals surface area contributed by atoms with Gasteiger partial charge in [-0.2, -0.15) is 0 Å². The van der Waals surface area contributed by atoms with Crippen LogP contribution in [-0.2, 0) is 16.1 Å². The maximum atomic E-state index is 12.3. The lowest BCUT2D eigenvalue weighted by atomic mass is 10.1. The summed E-state index contributed by atoms with van der Waals surface area (Å²) >= 11 is 3.19. The van der Waals surface area contributed by atoms with Crippen LogP contribution in [0.1, 0.15) is 33.4 Å². The first-order chi connectivity index (χ1) is 14.4. The van der Waals surface area contributed by atoms with Crippen molar-refractivity contribution >= 4 is 33.6 Å². The number of hydrogen-bond acceptors (Lipinski definition) is 7. The third-order valence-corrected chi connectivity index (χ3v) is 4.76. The van der Waals surface area contributed by atoms with Crippen LogP contribution in [0.25, 0.3) is 11.3 Å². The molecule has 3 aromatic rings. The maximum absolute atomic E-state index is 12.3. The minimum atomic E-state index is -0.720. The number of nitro benzene ring substituents is 1. The van der Waals surface area contributed by atoms with Crippen molar-refractivity contribution in [1.29, 1.82) is 0 Å². The molecule has 0 radical (unpaired) electrons. The number of rotatable bonds is 7. The average Bonchev–Trinajstić information content (AvgIpc) is 3.21. The number of hydrogen-bond donors (Lipinski definition) is 0. The number of carbonyl (C=O) groups is 2. The van der Waals surface area contributed by atoms with E-state index in [0.29, 0.717) is 28.2 Å². The largest absolute Gasteiger partial charge is 0.462 e. The normalized spacial score (nSPS) is 10.5. The van der Waals surface area contributed by atoms with Gasteiger partial charge in [-0.3, -0.25) is 10.1 Å². The summed E-state index contributed by atoms with van der Waals surface area (Å²) < 4.78 is 16.2. The number of halogens is 1. The van der Waals surface area contributed by atoms with Crippen molar-refractivity contribution in [3.63, 3.8) is 0 Å². The molecule has 0 aliphatic carbocycles. The first kappa shape index (κ1) is 21.3. The van der Waals surface area contributed by atoms with Gasteiger partial charge in [0.05, 0.1) is 22.7 Å². The fourth-order valence-corrected chi connectivity index (χ4v) is 3.00. The highest BCUT2D eigenvalue weighted by Crippen LogP contribution is 2.25. The molecule has 0 bridgehead atoms. The fraction of sp³-hybridized carbons (Fsp3) is 0.143. The Labute approximate surface area is 179 Å². The zero-order chi connectivity index (χ0) is 21.7. The summed E-state index contributed by atoms with van der Waals surface area (Å²) in [5.41, 5.74) is 1.01. The van der Waals surface area contributed by atoms with E-state index >= 15 is 0 Å². The molecule has 0 N–H and O–H groups in total. The molecule has 2 aromatic carbocycles. The van der Waals surface area contributed by atoms with Crippen molar-refractivity contribution < 1.29 is 28.4 Å². The second kappa shape index (κ2) is 9.36. The molecule has 0 spiro atoms. The molecule has 0 atom stereocenters. The maximum Gasteiger partial charge on any atom is 0.339 e. The standard InChI is InChI=1S/C21H16BrNO7/c1-2-28-20(24)14-5-3-13(4-6-14)19-10-8-16(30-19)12-29-21(25)17-11-15(23(26)27)7-9-18(17)22/h3-11H,2,12H2,1H3. The van der Waals surface area contributed by atoms with Gasteiger partial charge in [0.25, 0.3) is 5.69 Å². The van der Waals surface area contributed by atoms with E-state index in [1.807, 2.05) is 0 Å². The molecule has 1 heterocycles. The second-order valence-electron chi connectivity index (χ2n) is 6.06. The van der Waals surface area contributed by atoms with Crippen LogP contribution in [0.15, 0.2) is 63.5 Å². The van der Waals surface area contributed by atoms with Crippen LogP contribution in [0, 0.1) is 10.1 Å². The molecule has 30 heavy (non-hydrogen) atoms. The molecule has 0 aliphatic rings. The summed E-state index contributed by atoms with van der Waals surface area (Å²) in [5.74, 6) is -0.187. The van der Waals surface area contributed by atoms with Gasteiger partial charge in [-0.1, -0.05) is 12.1 Å². The number of nitrogens with zero attached hydrogens (tertiary/aromatic N) is 1. The van der Waals surface area contributed by atoms with Gasteiger partial charge in [-0.25, -0.2) is 9.59 Å². The Bertz CT molecular complexity index is 1090. The van der Waals surface area contributed by atoms with Crippen LogP contribution in [0.3, 0.4) is 0 Å². The van der Waals surface area contributed by atoms with E-state index in [0.717, 1.165) is 11.6 Å². The van der Waals surface area contributed by atoms with E-state index in [1.54, 1.807) is 43.3 Å². The van der Waals surface area contributed by atoms with Gasteiger partial charge in [0, 0.05) is 22.2 Å². The van der Waals surface area contributed by atoms with Crippen molar-refractivity contribution in [2.24, 2.45) is 0 Å². The molecule has 3 rings (SSSR count). The molecular formula is C21H16BrNO7. The number of furan rings is 1. The number of esters is 2. The van der Waals surface area contributed by atoms with E-state index in [9.17, 15) is 19.7 Å². The molecule has 154 valence electrons. The Hall–Kier alpha value is -3.46. The van der Waals surface area contributed by atoms with Gasteiger partial charge < -0.3 is 13.9 Å². The van der Waals surface area contributed by atoms with Crippen LogP contribution in [0.5, 0.6) is 0 Å². The summed E-state index contributed by atoms with van der Waals surface area (Å²) in [6.45, 7) is 1.89. The summed E-state index contributed by atoms with van der Waals surface area (Å²) in [5, 5.41) is 10.9. The van der Waals surface area contributed by atoms with Crippen molar-refractivity contribution in [2.75, 3.05) is 6.61 Å². The Morgan fingerprint density at radius 3 is 2.43 bits per heavy atom. The Morgan fingerprint density at radius 1 is 1.03 bits per heavy atom. The third-order valence-electron chi connectivity index (χ3n) is 4.07. The average molecular weight is 474 g/mol. The molecule has 0 saturated carbocycles. The minimum absolute atomic E-state index is 0.0468. The summed E-state index contributed by atoms with van der Waals surface area (Å²) in [7, 11) is 0.